The SMILES string of the molecule is CN(Cc1ccccc1-c1ccccc1)C(=O)C1CCCN1.Cl. The number of carbonyl (C=O) groups is 1. The van der Waals surface area contributed by atoms with Crippen molar-refractivity contribution in [3.8, 4) is 11.1 Å². The molecule has 0 bridgehead atoms. The van der Waals surface area contributed by atoms with Crippen molar-refractivity contribution in [1.82, 2.24) is 10.2 Å². The van der Waals surface area contributed by atoms with E-state index in [2.05, 4.69) is 29.6 Å². The minimum Gasteiger partial charge on any atom is -0.340 e. The average Bonchev–Trinajstić information content (AvgIpc) is 3.10. The predicted octanol–water partition coefficient (Wildman–Crippen LogP) is 3.49. The number of hydrogen-bond donors (Lipinski definition) is 1. The van der Waals surface area contributed by atoms with Gasteiger partial charge >= 0.3 is 0 Å². The van der Waals surface area contributed by atoms with E-state index in [1.165, 1.54) is 16.7 Å². The number of benzene rings is 2. The largest absolute Gasteiger partial charge is 0.340 e. The molecule has 23 heavy (non-hydrogen) atoms. The van der Waals surface area contributed by atoms with Gasteiger partial charge in [0.25, 0.3) is 0 Å². The van der Waals surface area contributed by atoms with Gasteiger partial charge in [0.15, 0.2) is 0 Å². The van der Waals surface area contributed by atoms with E-state index in [1.807, 2.05) is 42.3 Å². The van der Waals surface area contributed by atoms with Crippen LogP contribution in [0.1, 0.15) is 18.4 Å². The second kappa shape index (κ2) is 8.14. The lowest BCUT2D eigenvalue weighted by Crippen LogP contribution is -2.41. The minimum absolute atomic E-state index is 0. The van der Waals surface area contributed by atoms with E-state index < -0.39 is 0 Å². The summed E-state index contributed by atoms with van der Waals surface area (Å²) in [6.07, 6.45) is 2.04. The van der Waals surface area contributed by atoms with Crippen LogP contribution < -0.4 is 5.32 Å². The number of carbonyl (C=O) groups excluding carboxylic acids is 1. The number of nitrogens with zero attached hydrogens (tertiary/aromatic N) is 1. The van der Waals surface area contributed by atoms with Crippen LogP contribution >= 0.6 is 12.4 Å². The highest BCUT2D eigenvalue weighted by Gasteiger charge is 2.25. The van der Waals surface area contributed by atoms with E-state index >= 15 is 0 Å². The average molecular weight is 331 g/mol. The molecule has 0 aromatic heterocycles. The Hall–Kier alpha value is -1.84. The number of halogens is 1. The summed E-state index contributed by atoms with van der Waals surface area (Å²) in [4.78, 5) is 14.3. The van der Waals surface area contributed by atoms with Gasteiger partial charge in [-0.25, -0.2) is 0 Å². The van der Waals surface area contributed by atoms with E-state index in [0.29, 0.717) is 6.54 Å². The van der Waals surface area contributed by atoms with Crippen molar-refractivity contribution >= 4 is 18.3 Å². The minimum atomic E-state index is -0.00566. The monoisotopic (exact) mass is 330 g/mol. The maximum absolute atomic E-state index is 12.5. The Balaban J connectivity index is 0.00000192. The van der Waals surface area contributed by atoms with Gasteiger partial charge in [0.1, 0.15) is 0 Å². The Bertz CT molecular complexity index is 639. The first kappa shape index (κ1) is 17.5. The number of hydrogen-bond acceptors (Lipinski definition) is 2. The first-order valence-electron chi connectivity index (χ1n) is 7.87. The third kappa shape index (κ3) is 4.12. The second-order valence-electron chi connectivity index (χ2n) is 5.87. The summed E-state index contributed by atoms with van der Waals surface area (Å²) in [6, 6.07) is 18.6. The molecule has 1 atom stereocenters. The van der Waals surface area contributed by atoms with Crippen molar-refractivity contribution in [2.45, 2.75) is 25.4 Å². The number of likely N-dealkylation sites (N-methyl/N-ethyl adjacent to an activating group) is 1. The number of amides is 1. The summed E-state index contributed by atoms with van der Waals surface area (Å²) in [7, 11) is 1.89. The molecule has 3 rings (SSSR count). The molecule has 0 radical (unpaired) electrons. The lowest BCUT2D eigenvalue weighted by Gasteiger charge is -2.22. The molecule has 4 heteroatoms. The standard InChI is InChI=1S/C19H22N2O.ClH/c1-21(19(22)18-12-7-13-20-18)14-16-10-5-6-11-17(16)15-8-3-2-4-9-15;/h2-6,8-11,18,20H,7,12-14H2,1H3;1H. The van der Waals surface area contributed by atoms with Gasteiger partial charge < -0.3 is 10.2 Å². The molecule has 1 heterocycles. The zero-order chi connectivity index (χ0) is 15.4. The summed E-state index contributed by atoms with van der Waals surface area (Å²) >= 11 is 0. The Morgan fingerprint density at radius 3 is 2.52 bits per heavy atom. The molecule has 122 valence electrons. The molecule has 1 aliphatic rings. The van der Waals surface area contributed by atoms with E-state index in [9.17, 15) is 4.79 Å². The smallest absolute Gasteiger partial charge is 0.239 e. The molecule has 1 unspecified atom stereocenters. The van der Waals surface area contributed by atoms with Crippen LogP contribution in [0.4, 0.5) is 0 Å². The Morgan fingerprint density at radius 2 is 1.83 bits per heavy atom. The quantitative estimate of drug-likeness (QED) is 0.930. The predicted molar refractivity (Wildman–Crippen MR) is 96.6 cm³/mol. The Labute approximate surface area is 144 Å². The van der Waals surface area contributed by atoms with Gasteiger partial charge in [0.2, 0.25) is 5.91 Å². The fourth-order valence-electron chi connectivity index (χ4n) is 3.05. The first-order chi connectivity index (χ1) is 10.8. The first-order valence-corrected chi connectivity index (χ1v) is 7.87. The van der Waals surface area contributed by atoms with Crippen molar-refractivity contribution in [3.05, 3.63) is 60.2 Å². The zero-order valence-corrected chi connectivity index (χ0v) is 14.2. The highest BCUT2D eigenvalue weighted by Crippen LogP contribution is 2.24. The van der Waals surface area contributed by atoms with Crippen LogP contribution in [0, 0.1) is 0 Å². The third-order valence-electron chi connectivity index (χ3n) is 4.24. The summed E-state index contributed by atoms with van der Waals surface area (Å²) in [6.45, 7) is 1.59. The van der Waals surface area contributed by atoms with Gasteiger partial charge in [-0.1, -0.05) is 54.6 Å². The fraction of sp³-hybridized carbons (Fsp3) is 0.316. The number of nitrogens with one attached hydrogen (secondary N) is 1. The summed E-state index contributed by atoms with van der Waals surface area (Å²) in [5, 5.41) is 3.28. The molecule has 1 amide bonds. The fourth-order valence-corrected chi connectivity index (χ4v) is 3.05. The van der Waals surface area contributed by atoms with Gasteiger partial charge in [0.05, 0.1) is 6.04 Å². The van der Waals surface area contributed by atoms with Crippen molar-refractivity contribution in [2.24, 2.45) is 0 Å². The maximum Gasteiger partial charge on any atom is 0.239 e. The van der Waals surface area contributed by atoms with Crippen LogP contribution in [0.3, 0.4) is 0 Å². The van der Waals surface area contributed by atoms with Crippen LogP contribution in [-0.4, -0.2) is 30.4 Å². The van der Waals surface area contributed by atoms with E-state index in [0.717, 1.165) is 19.4 Å². The molecule has 0 saturated carbocycles. The molecule has 1 fully saturated rings. The third-order valence-corrected chi connectivity index (χ3v) is 4.24. The van der Waals surface area contributed by atoms with Crippen LogP contribution in [0.25, 0.3) is 11.1 Å². The van der Waals surface area contributed by atoms with Gasteiger partial charge in [-0.15, -0.1) is 12.4 Å². The molecule has 1 saturated heterocycles. The van der Waals surface area contributed by atoms with Crippen molar-refractivity contribution in [2.75, 3.05) is 13.6 Å². The molecule has 2 aromatic carbocycles. The molecular weight excluding hydrogens is 308 g/mol. The molecule has 1 aliphatic heterocycles. The maximum atomic E-state index is 12.5. The van der Waals surface area contributed by atoms with Crippen molar-refractivity contribution in [1.29, 1.82) is 0 Å². The lowest BCUT2D eigenvalue weighted by atomic mass is 9.99. The van der Waals surface area contributed by atoms with Gasteiger partial charge in [0, 0.05) is 13.6 Å². The van der Waals surface area contributed by atoms with Crippen molar-refractivity contribution < 1.29 is 4.79 Å². The van der Waals surface area contributed by atoms with Crippen molar-refractivity contribution in [3.63, 3.8) is 0 Å². The Morgan fingerprint density at radius 1 is 1.13 bits per heavy atom. The van der Waals surface area contributed by atoms with E-state index in [1.54, 1.807) is 0 Å². The van der Waals surface area contributed by atoms with Crippen LogP contribution in [0.15, 0.2) is 54.6 Å². The van der Waals surface area contributed by atoms with E-state index in [4.69, 9.17) is 0 Å². The zero-order valence-electron chi connectivity index (χ0n) is 13.4. The topological polar surface area (TPSA) is 32.3 Å². The molecule has 1 N–H and O–H groups in total. The summed E-state index contributed by atoms with van der Waals surface area (Å²) < 4.78 is 0. The van der Waals surface area contributed by atoms with Gasteiger partial charge in [-0.3, -0.25) is 4.79 Å². The second-order valence-corrected chi connectivity index (χ2v) is 5.87. The lowest BCUT2D eigenvalue weighted by molar-refractivity contribution is -0.132. The molecule has 0 aliphatic carbocycles. The molecule has 3 nitrogen and oxygen atoms in total. The normalized spacial score (nSPS) is 16.7. The van der Waals surface area contributed by atoms with Crippen LogP contribution in [0.2, 0.25) is 0 Å². The summed E-state index contributed by atoms with van der Waals surface area (Å²) in [5.41, 5.74) is 3.57. The molecule has 2 aromatic rings. The van der Waals surface area contributed by atoms with Crippen LogP contribution in [-0.2, 0) is 11.3 Å². The van der Waals surface area contributed by atoms with Gasteiger partial charge in [-0.2, -0.15) is 0 Å². The molecular formula is C19H23ClN2O. The number of rotatable bonds is 4. The van der Waals surface area contributed by atoms with Crippen LogP contribution in [0.5, 0.6) is 0 Å². The van der Waals surface area contributed by atoms with Gasteiger partial charge in [-0.05, 0) is 36.1 Å². The highest BCUT2D eigenvalue weighted by atomic mass is 35.5. The Kier molecular flexibility index (Phi) is 6.20. The summed E-state index contributed by atoms with van der Waals surface area (Å²) in [5.74, 6) is 0.195. The highest BCUT2D eigenvalue weighted by molar-refractivity contribution is 5.85. The van der Waals surface area contributed by atoms with E-state index in [-0.39, 0.29) is 24.4 Å². The molecule has 0 spiro atoms.